The van der Waals surface area contributed by atoms with Crippen LogP contribution in [0.3, 0.4) is 0 Å². The first kappa shape index (κ1) is 22.2. The largest absolute Gasteiger partial charge is 0.493 e. The Morgan fingerprint density at radius 1 is 1.39 bits per heavy atom. The van der Waals surface area contributed by atoms with Crippen molar-refractivity contribution in [2.24, 2.45) is 0 Å². The van der Waals surface area contributed by atoms with Gasteiger partial charge in [-0.3, -0.25) is 9.89 Å². The fourth-order valence-electron chi connectivity index (χ4n) is 2.55. The minimum absolute atomic E-state index is 0.123. The van der Waals surface area contributed by atoms with Crippen molar-refractivity contribution in [1.29, 1.82) is 0 Å². The molecule has 0 radical (unpaired) electrons. The van der Waals surface area contributed by atoms with Crippen LogP contribution in [0.25, 0.3) is 0 Å². The smallest absolute Gasteiger partial charge is 0.258 e. The SMILES string of the molecule is CCc1n[nH]c(=S)n1NCc1c(Br)ccc(OC)c1OCC(=O)NC(C)(C)C. The number of ether oxygens (including phenoxy) is 2. The van der Waals surface area contributed by atoms with Crippen LogP contribution in [0.1, 0.15) is 39.1 Å². The van der Waals surface area contributed by atoms with E-state index in [-0.39, 0.29) is 18.1 Å². The van der Waals surface area contributed by atoms with Crippen molar-refractivity contribution in [2.75, 3.05) is 19.1 Å². The van der Waals surface area contributed by atoms with Crippen molar-refractivity contribution in [2.45, 2.75) is 46.2 Å². The number of carbonyl (C=O) groups is 1. The molecular weight excluding hydrogens is 446 g/mol. The summed E-state index contributed by atoms with van der Waals surface area (Å²) in [7, 11) is 1.56. The monoisotopic (exact) mass is 471 g/mol. The highest BCUT2D eigenvalue weighted by Crippen LogP contribution is 2.36. The number of halogens is 1. The Morgan fingerprint density at radius 3 is 2.71 bits per heavy atom. The summed E-state index contributed by atoms with van der Waals surface area (Å²) in [5.74, 6) is 1.60. The Hall–Kier alpha value is -2.07. The molecule has 154 valence electrons. The van der Waals surface area contributed by atoms with Crippen LogP contribution in [0.5, 0.6) is 11.5 Å². The molecule has 0 saturated carbocycles. The molecule has 1 amide bonds. The first-order valence-electron chi connectivity index (χ1n) is 8.85. The zero-order valence-electron chi connectivity index (χ0n) is 16.7. The number of aryl methyl sites for hydroxylation is 1. The Kier molecular flexibility index (Phi) is 7.48. The van der Waals surface area contributed by atoms with Crippen LogP contribution < -0.4 is 20.2 Å². The van der Waals surface area contributed by atoms with Crippen molar-refractivity contribution in [1.82, 2.24) is 20.2 Å². The maximum absolute atomic E-state index is 12.2. The van der Waals surface area contributed by atoms with Crippen molar-refractivity contribution >= 4 is 34.1 Å². The normalized spacial score (nSPS) is 11.2. The molecule has 0 aliphatic heterocycles. The lowest BCUT2D eigenvalue weighted by atomic mass is 10.1. The van der Waals surface area contributed by atoms with Crippen molar-refractivity contribution in [3.8, 4) is 11.5 Å². The fourth-order valence-corrected chi connectivity index (χ4v) is 3.21. The molecule has 2 aromatic rings. The van der Waals surface area contributed by atoms with Gasteiger partial charge in [0.1, 0.15) is 0 Å². The molecule has 1 aromatic carbocycles. The zero-order valence-corrected chi connectivity index (χ0v) is 19.1. The summed E-state index contributed by atoms with van der Waals surface area (Å²) in [6.45, 7) is 8.00. The third kappa shape index (κ3) is 5.71. The van der Waals surface area contributed by atoms with E-state index in [1.54, 1.807) is 17.9 Å². The number of aromatic amines is 1. The van der Waals surface area contributed by atoms with E-state index in [1.807, 2.05) is 33.8 Å². The summed E-state index contributed by atoms with van der Waals surface area (Å²) in [6.07, 6.45) is 0.718. The van der Waals surface area contributed by atoms with Crippen LogP contribution in [0.4, 0.5) is 0 Å². The van der Waals surface area contributed by atoms with E-state index in [4.69, 9.17) is 21.7 Å². The number of nitrogens with zero attached hydrogens (tertiary/aromatic N) is 2. The van der Waals surface area contributed by atoms with E-state index in [0.717, 1.165) is 22.3 Å². The van der Waals surface area contributed by atoms with Gasteiger partial charge in [0, 0.05) is 22.0 Å². The highest BCUT2D eigenvalue weighted by Gasteiger charge is 2.19. The fraction of sp³-hybridized carbons (Fsp3) is 0.500. The lowest BCUT2D eigenvalue weighted by Gasteiger charge is -2.22. The Morgan fingerprint density at radius 2 is 2.11 bits per heavy atom. The summed E-state index contributed by atoms with van der Waals surface area (Å²) in [5.41, 5.74) is 3.71. The number of carbonyl (C=O) groups excluding carboxylic acids is 1. The van der Waals surface area contributed by atoms with Gasteiger partial charge in [0.2, 0.25) is 4.77 Å². The quantitative estimate of drug-likeness (QED) is 0.511. The van der Waals surface area contributed by atoms with Gasteiger partial charge < -0.3 is 20.2 Å². The standard InChI is InChI=1S/C18H26BrN5O3S/c1-6-14-22-23-17(28)24(14)20-9-11-12(19)7-8-13(26-5)16(11)27-10-15(25)21-18(2,3)4/h7-8,20H,6,9-10H2,1-5H3,(H,21,25)(H,23,28). The Labute approximate surface area is 178 Å². The molecule has 8 nitrogen and oxygen atoms in total. The summed E-state index contributed by atoms with van der Waals surface area (Å²) in [4.78, 5) is 12.2. The second kappa shape index (κ2) is 9.42. The van der Waals surface area contributed by atoms with Crippen LogP contribution in [0.15, 0.2) is 16.6 Å². The van der Waals surface area contributed by atoms with Gasteiger partial charge in [0.05, 0.1) is 13.7 Å². The van der Waals surface area contributed by atoms with E-state index in [2.05, 4.69) is 36.9 Å². The molecule has 1 heterocycles. The summed E-state index contributed by atoms with van der Waals surface area (Å²) < 4.78 is 14.3. The Balaban J connectivity index is 2.24. The molecule has 3 N–H and O–H groups in total. The number of hydrogen-bond donors (Lipinski definition) is 3. The zero-order chi connectivity index (χ0) is 20.9. The molecule has 0 spiro atoms. The number of H-pyrrole nitrogens is 1. The maximum Gasteiger partial charge on any atom is 0.258 e. The third-order valence-electron chi connectivity index (χ3n) is 3.72. The van der Waals surface area contributed by atoms with E-state index < -0.39 is 0 Å². The Bertz CT molecular complexity index is 888. The molecule has 0 unspecified atom stereocenters. The lowest BCUT2D eigenvalue weighted by Crippen LogP contribution is -2.43. The summed E-state index contributed by atoms with van der Waals surface area (Å²) >= 11 is 8.82. The first-order chi connectivity index (χ1) is 13.2. The number of hydrogen-bond acceptors (Lipinski definition) is 6. The van der Waals surface area contributed by atoms with E-state index in [1.165, 1.54) is 0 Å². The summed E-state index contributed by atoms with van der Waals surface area (Å²) in [5, 5.41) is 9.83. The molecule has 0 aliphatic rings. The number of aromatic nitrogens is 3. The van der Waals surface area contributed by atoms with Gasteiger partial charge in [0.25, 0.3) is 5.91 Å². The third-order valence-corrected chi connectivity index (χ3v) is 4.74. The second-order valence-electron chi connectivity index (χ2n) is 7.11. The van der Waals surface area contributed by atoms with Gasteiger partial charge in [-0.2, -0.15) is 5.10 Å². The van der Waals surface area contributed by atoms with E-state index >= 15 is 0 Å². The van der Waals surface area contributed by atoms with Crippen molar-refractivity contribution in [3.05, 3.63) is 32.8 Å². The van der Waals surface area contributed by atoms with E-state index in [9.17, 15) is 4.79 Å². The molecule has 0 saturated heterocycles. The molecule has 0 aliphatic carbocycles. The first-order valence-corrected chi connectivity index (χ1v) is 10.1. The molecule has 2 rings (SSSR count). The second-order valence-corrected chi connectivity index (χ2v) is 8.35. The molecule has 10 heteroatoms. The number of rotatable bonds is 8. The average Bonchev–Trinajstić information content (AvgIpc) is 2.97. The molecule has 1 aromatic heterocycles. The van der Waals surface area contributed by atoms with Crippen molar-refractivity contribution < 1.29 is 14.3 Å². The van der Waals surface area contributed by atoms with Crippen LogP contribution in [-0.2, 0) is 17.8 Å². The number of amides is 1. The minimum atomic E-state index is -0.333. The van der Waals surface area contributed by atoms with Crippen LogP contribution in [-0.4, -0.2) is 40.0 Å². The van der Waals surface area contributed by atoms with Gasteiger partial charge in [0.15, 0.2) is 23.9 Å². The molecule has 28 heavy (non-hydrogen) atoms. The van der Waals surface area contributed by atoms with Gasteiger partial charge in [-0.25, -0.2) is 4.68 Å². The molecule has 0 atom stereocenters. The highest BCUT2D eigenvalue weighted by molar-refractivity contribution is 9.10. The predicted molar refractivity (Wildman–Crippen MR) is 114 cm³/mol. The van der Waals surface area contributed by atoms with Crippen molar-refractivity contribution in [3.63, 3.8) is 0 Å². The average molecular weight is 472 g/mol. The number of nitrogens with one attached hydrogen (secondary N) is 3. The van der Waals surface area contributed by atoms with Gasteiger partial charge >= 0.3 is 0 Å². The summed E-state index contributed by atoms with van der Waals surface area (Å²) in [6, 6.07) is 3.65. The number of methoxy groups -OCH3 is 1. The molecule has 0 bridgehead atoms. The van der Waals surface area contributed by atoms with Crippen LogP contribution >= 0.6 is 28.1 Å². The molecular formula is C18H26BrN5O3S. The highest BCUT2D eigenvalue weighted by atomic mass is 79.9. The van der Waals surface area contributed by atoms with Crippen LogP contribution in [0.2, 0.25) is 0 Å². The van der Waals surface area contributed by atoms with Gasteiger partial charge in [-0.05, 0) is 45.1 Å². The van der Waals surface area contributed by atoms with Crippen LogP contribution in [0, 0.1) is 4.77 Å². The maximum atomic E-state index is 12.2. The minimum Gasteiger partial charge on any atom is -0.493 e. The lowest BCUT2D eigenvalue weighted by molar-refractivity contribution is -0.124. The van der Waals surface area contributed by atoms with E-state index in [0.29, 0.717) is 22.8 Å². The topological polar surface area (TPSA) is 93.2 Å². The van der Waals surface area contributed by atoms with Gasteiger partial charge in [-0.1, -0.05) is 22.9 Å². The van der Waals surface area contributed by atoms with Gasteiger partial charge in [-0.15, -0.1) is 0 Å². The molecule has 0 fully saturated rings. The number of benzene rings is 1. The predicted octanol–water partition coefficient (Wildman–Crippen LogP) is 3.31.